The molecule has 0 saturated carbocycles. The summed E-state index contributed by atoms with van der Waals surface area (Å²) < 4.78 is 7.13. The topological polar surface area (TPSA) is 92.2 Å². The van der Waals surface area contributed by atoms with Crippen LogP contribution in [0.25, 0.3) is 10.9 Å². The molecule has 1 atom stereocenters. The Morgan fingerprint density at radius 1 is 0.949 bits per heavy atom. The predicted octanol–water partition coefficient (Wildman–Crippen LogP) is 3.79. The number of hydrogen-bond acceptors (Lipinski definition) is 7. The van der Waals surface area contributed by atoms with Crippen LogP contribution in [0.5, 0.6) is 5.75 Å². The Kier molecular flexibility index (Phi) is 6.81. The number of methoxy groups -OCH3 is 1. The molecule has 1 fully saturated rings. The fourth-order valence-corrected chi connectivity index (χ4v) is 5.41. The van der Waals surface area contributed by atoms with Crippen LogP contribution in [0.3, 0.4) is 0 Å². The number of H-pyrrole nitrogens is 1. The van der Waals surface area contributed by atoms with Crippen LogP contribution in [0.4, 0.5) is 5.69 Å². The smallest absolute Gasteiger partial charge is 0.253 e. The standard InChI is InChI=1S/C30H31N7O2/c1-21-7-6-10-23-19-26(30(38)31-27(21)23)28(29-32-33-34-37(29)20-22-8-4-3-5-9-22)36-17-15-35(16-18-36)24-11-13-25(39-2)14-12-24/h3-14,19,28H,15-18,20H2,1-2H3,(H,31,38)/t28-/m1/s1. The minimum Gasteiger partial charge on any atom is -0.497 e. The van der Waals surface area contributed by atoms with Gasteiger partial charge < -0.3 is 14.6 Å². The van der Waals surface area contributed by atoms with Crippen LogP contribution in [-0.4, -0.2) is 63.4 Å². The highest BCUT2D eigenvalue weighted by molar-refractivity contribution is 5.82. The highest BCUT2D eigenvalue weighted by Crippen LogP contribution is 2.30. The fraction of sp³-hybridized carbons (Fsp3) is 0.267. The molecule has 1 N–H and O–H groups in total. The number of hydrogen-bond donors (Lipinski definition) is 1. The molecule has 2 aromatic heterocycles. The summed E-state index contributed by atoms with van der Waals surface area (Å²) >= 11 is 0. The Morgan fingerprint density at radius 3 is 2.46 bits per heavy atom. The summed E-state index contributed by atoms with van der Waals surface area (Å²) in [6.45, 7) is 5.66. The van der Waals surface area contributed by atoms with E-state index >= 15 is 0 Å². The minimum atomic E-state index is -0.393. The van der Waals surface area contributed by atoms with E-state index in [1.54, 1.807) is 7.11 Å². The van der Waals surface area contributed by atoms with Gasteiger partial charge in [-0.3, -0.25) is 9.69 Å². The number of aromatic nitrogens is 5. The zero-order valence-corrected chi connectivity index (χ0v) is 22.1. The van der Waals surface area contributed by atoms with E-state index in [2.05, 4.69) is 54.6 Å². The second-order valence-electron chi connectivity index (χ2n) is 9.90. The lowest BCUT2D eigenvalue weighted by atomic mass is 10.0. The lowest BCUT2D eigenvalue weighted by molar-refractivity contribution is 0.200. The lowest BCUT2D eigenvalue weighted by Crippen LogP contribution is -2.49. The van der Waals surface area contributed by atoms with Crippen molar-refractivity contribution in [1.82, 2.24) is 30.1 Å². The van der Waals surface area contributed by atoms with E-state index in [4.69, 9.17) is 4.74 Å². The maximum atomic E-state index is 13.6. The molecule has 0 radical (unpaired) electrons. The summed E-state index contributed by atoms with van der Waals surface area (Å²) in [4.78, 5) is 21.4. The normalized spacial score (nSPS) is 15.0. The van der Waals surface area contributed by atoms with Gasteiger partial charge in [-0.15, -0.1) is 5.10 Å². The molecule has 5 aromatic rings. The van der Waals surface area contributed by atoms with Crippen molar-refractivity contribution < 1.29 is 4.74 Å². The first-order chi connectivity index (χ1) is 19.1. The zero-order chi connectivity index (χ0) is 26.8. The van der Waals surface area contributed by atoms with Crippen molar-refractivity contribution in [3.63, 3.8) is 0 Å². The summed E-state index contributed by atoms with van der Waals surface area (Å²) in [5.74, 6) is 1.50. The quantitative estimate of drug-likeness (QED) is 0.348. The van der Waals surface area contributed by atoms with Gasteiger partial charge in [-0.05, 0) is 64.2 Å². The number of anilines is 1. The van der Waals surface area contributed by atoms with Gasteiger partial charge in [-0.1, -0.05) is 48.5 Å². The largest absolute Gasteiger partial charge is 0.497 e. The number of rotatable bonds is 7. The minimum absolute atomic E-state index is 0.117. The van der Waals surface area contributed by atoms with Crippen molar-refractivity contribution in [2.75, 3.05) is 38.2 Å². The highest BCUT2D eigenvalue weighted by Gasteiger charge is 2.33. The molecule has 39 heavy (non-hydrogen) atoms. The number of aromatic amines is 1. The third-order valence-electron chi connectivity index (χ3n) is 7.51. The molecule has 1 saturated heterocycles. The van der Waals surface area contributed by atoms with Crippen LogP contribution < -0.4 is 15.2 Å². The summed E-state index contributed by atoms with van der Waals surface area (Å²) in [5.41, 5.74) is 4.67. The summed E-state index contributed by atoms with van der Waals surface area (Å²) in [5, 5.41) is 13.9. The van der Waals surface area contributed by atoms with Crippen molar-refractivity contribution >= 4 is 16.6 Å². The van der Waals surface area contributed by atoms with Gasteiger partial charge in [0.05, 0.1) is 19.2 Å². The van der Waals surface area contributed by atoms with E-state index in [-0.39, 0.29) is 5.56 Å². The van der Waals surface area contributed by atoms with Gasteiger partial charge in [0.25, 0.3) is 5.56 Å². The molecule has 0 bridgehead atoms. The molecule has 0 aliphatic carbocycles. The lowest BCUT2D eigenvalue weighted by Gasteiger charge is -2.39. The van der Waals surface area contributed by atoms with Crippen LogP contribution in [0, 0.1) is 6.92 Å². The second kappa shape index (κ2) is 10.7. The third-order valence-corrected chi connectivity index (χ3v) is 7.51. The maximum Gasteiger partial charge on any atom is 0.253 e. The molecule has 3 aromatic carbocycles. The average molecular weight is 522 g/mol. The van der Waals surface area contributed by atoms with Gasteiger partial charge in [-0.25, -0.2) is 4.68 Å². The van der Waals surface area contributed by atoms with Gasteiger partial charge >= 0.3 is 0 Å². The number of aryl methyl sites for hydroxylation is 1. The first-order valence-corrected chi connectivity index (χ1v) is 13.2. The molecular formula is C30H31N7O2. The predicted molar refractivity (Wildman–Crippen MR) is 151 cm³/mol. The molecule has 3 heterocycles. The first-order valence-electron chi connectivity index (χ1n) is 13.2. The number of pyridine rings is 1. The van der Waals surface area contributed by atoms with E-state index in [9.17, 15) is 4.79 Å². The molecule has 9 nitrogen and oxygen atoms in total. The maximum absolute atomic E-state index is 13.6. The van der Waals surface area contributed by atoms with Gasteiger partial charge in [0.2, 0.25) is 0 Å². The SMILES string of the molecule is COc1ccc(N2CCN([C@H](c3cc4cccc(C)c4[nH]c3=O)c3nnnn3Cc3ccccc3)CC2)cc1. The summed E-state index contributed by atoms with van der Waals surface area (Å²) in [6.07, 6.45) is 0. The second-order valence-corrected chi connectivity index (χ2v) is 9.90. The van der Waals surface area contributed by atoms with Crippen molar-refractivity contribution in [3.8, 4) is 5.75 Å². The van der Waals surface area contributed by atoms with Crippen LogP contribution in [0.1, 0.15) is 28.6 Å². The van der Waals surface area contributed by atoms with Crippen LogP contribution >= 0.6 is 0 Å². The summed E-state index contributed by atoms with van der Waals surface area (Å²) in [7, 11) is 1.68. The molecule has 0 amide bonds. The molecule has 0 unspecified atom stereocenters. The van der Waals surface area contributed by atoms with E-state index in [1.165, 1.54) is 0 Å². The Morgan fingerprint density at radius 2 is 1.72 bits per heavy atom. The summed E-state index contributed by atoms with van der Waals surface area (Å²) in [6, 6.07) is 25.9. The van der Waals surface area contributed by atoms with Gasteiger partial charge in [0.1, 0.15) is 11.8 Å². The number of benzene rings is 3. The van der Waals surface area contributed by atoms with E-state index in [0.29, 0.717) is 17.9 Å². The third kappa shape index (κ3) is 5.00. The number of nitrogens with zero attached hydrogens (tertiary/aromatic N) is 6. The Labute approximate surface area is 226 Å². The Hall–Kier alpha value is -4.50. The molecule has 6 rings (SSSR count). The average Bonchev–Trinajstić information content (AvgIpc) is 3.42. The van der Waals surface area contributed by atoms with E-state index < -0.39 is 6.04 Å². The number of para-hydroxylation sites is 1. The van der Waals surface area contributed by atoms with E-state index in [0.717, 1.165) is 59.6 Å². The molecule has 1 aliphatic rings. The van der Waals surface area contributed by atoms with Gasteiger partial charge in [0.15, 0.2) is 5.82 Å². The van der Waals surface area contributed by atoms with Crippen LogP contribution in [-0.2, 0) is 6.54 Å². The molecular weight excluding hydrogens is 490 g/mol. The number of tetrazole rings is 1. The molecule has 1 aliphatic heterocycles. The molecule has 0 spiro atoms. The van der Waals surface area contributed by atoms with Crippen molar-refractivity contribution in [2.24, 2.45) is 0 Å². The van der Waals surface area contributed by atoms with Crippen molar-refractivity contribution in [3.05, 3.63) is 112 Å². The fourth-order valence-electron chi connectivity index (χ4n) is 5.41. The zero-order valence-electron chi connectivity index (χ0n) is 22.1. The number of ether oxygens (including phenoxy) is 1. The van der Waals surface area contributed by atoms with Gasteiger partial charge in [-0.2, -0.15) is 0 Å². The van der Waals surface area contributed by atoms with E-state index in [1.807, 2.05) is 66.2 Å². The number of piperazine rings is 1. The van der Waals surface area contributed by atoms with Crippen molar-refractivity contribution in [1.29, 1.82) is 0 Å². The van der Waals surface area contributed by atoms with Gasteiger partial charge in [0, 0.05) is 37.4 Å². The monoisotopic (exact) mass is 521 g/mol. The first kappa shape index (κ1) is 24.8. The molecule has 198 valence electrons. The number of nitrogens with one attached hydrogen (secondary N) is 1. The Bertz CT molecular complexity index is 1620. The van der Waals surface area contributed by atoms with Crippen LogP contribution in [0.15, 0.2) is 83.7 Å². The Balaban J connectivity index is 1.36. The number of fused-ring (bicyclic) bond motifs is 1. The van der Waals surface area contributed by atoms with Crippen molar-refractivity contribution in [2.45, 2.75) is 19.5 Å². The van der Waals surface area contributed by atoms with Crippen LogP contribution in [0.2, 0.25) is 0 Å². The highest BCUT2D eigenvalue weighted by atomic mass is 16.5. The molecule has 9 heteroatoms.